The number of rotatable bonds is 10. The summed E-state index contributed by atoms with van der Waals surface area (Å²) in [5.74, 6) is 0. The lowest BCUT2D eigenvalue weighted by atomic mass is 9.72. The van der Waals surface area contributed by atoms with Gasteiger partial charge in [-0.1, -0.05) is 32.8 Å². The van der Waals surface area contributed by atoms with Crippen LogP contribution in [0.5, 0.6) is 0 Å². The van der Waals surface area contributed by atoms with Crippen LogP contribution in [0.15, 0.2) is 24.5 Å². The number of nitrogens with one attached hydrogen (secondary N) is 1. The van der Waals surface area contributed by atoms with Crippen molar-refractivity contribution in [3.8, 4) is 0 Å². The van der Waals surface area contributed by atoms with E-state index in [4.69, 9.17) is 0 Å². The van der Waals surface area contributed by atoms with Crippen LogP contribution in [0.2, 0.25) is 0 Å². The summed E-state index contributed by atoms with van der Waals surface area (Å²) in [4.78, 5) is 6.77. The van der Waals surface area contributed by atoms with Crippen molar-refractivity contribution in [2.24, 2.45) is 5.41 Å². The highest BCUT2D eigenvalue weighted by Crippen LogP contribution is 2.39. The minimum absolute atomic E-state index is 0.659. The van der Waals surface area contributed by atoms with Gasteiger partial charge in [-0.3, -0.25) is 4.98 Å². The molecule has 0 aliphatic carbocycles. The molecule has 1 aromatic heterocycles. The first-order valence-corrected chi connectivity index (χ1v) is 8.60. The van der Waals surface area contributed by atoms with E-state index in [0.29, 0.717) is 5.41 Å². The first-order valence-electron chi connectivity index (χ1n) is 8.60. The highest BCUT2D eigenvalue weighted by molar-refractivity contribution is 5.07. The van der Waals surface area contributed by atoms with E-state index in [2.05, 4.69) is 35.1 Å². The van der Waals surface area contributed by atoms with Gasteiger partial charge in [-0.05, 0) is 49.4 Å². The van der Waals surface area contributed by atoms with Crippen molar-refractivity contribution < 1.29 is 0 Å². The van der Waals surface area contributed by atoms with E-state index in [1.165, 1.54) is 57.3 Å². The van der Waals surface area contributed by atoms with Gasteiger partial charge in [-0.15, -0.1) is 0 Å². The third-order valence-corrected chi connectivity index (χ3v) is 4.56. The van der Waals surface area contributed by atoms with E-state index in [1.807, 2.05) is 18.5 Å². The number of hydrogen-bond donors (Lipinski definition) is 1. The van der Waals surface area contributed by atoms with Crippen LogP contribution in [0.3, 0.4) is 0 Å². The van der Waals surface area contributed by atoms with E-state index >= 15 is 0 Å². The van der Waals surface area contributed by atoms with E-state index in [0.717, 1.165) is 13.1 Å². The van der Waals surface area contributed by atoms with Crippen LogP contribution in [0.25, 0.3) is 0 Å². The number of likely N-dealkylation sites (tertiary alicyclic amines) is 1. The molecule has 3 heteroatoms. The van der Waals surface area contributed by atoms with Crippen molar-refractivity contribution in [3.63, 3.8) is 0 Å². The highest BCUT2D eigenvalue weighted by Gasteiger charge is 2.40. The Morgan fingerprint density at radius 3 is 2.62 bits per heavy atom. The molecule has 0 radical (unpaired) electrons. The molecule has 1 aromatic rings. The van der Waals surface area contributed by atoms with Gasteiger partial charge < -0.3 is 10.2 Å². The van der Waals surface area contributed by atoms with Crippen molar-refractivity contribution in [3.05, 3.63) is 30.1 Å². The summed E-state index contributed by atoms with van der Waals surface area (Å²) in [6, 6.07) is 4.12. The van der Waals surface area contributed by atoms with Crippen LogP contribution in [0, 0.1) is 5.41 Å². The summed E-state index contributed by atoms with van der Waals surface area (Å²) in [7, 11) is 0. The second kappa shape index (κ2) is 8.50. The number of aromatic nitrogens is 1. The second-order valence-electron chi connectivity index (χ2n) is 6.60. The Balaban J connectivity index is 1.54. The summed E-state index contributed by atoms with van der Waals surface area (Å²) >= 11 is 0. The minimum atomic E-state index is 0.659. The second-order valence-corrected chi connectivity index (χ2v) is 6.60. The van der Waals surface area contributed by atoms with Crippen molar-refractivity contribution in [1.82, 2.24) is 15.2 Å². The molecule has 1 aliphatic rings. The predicted octanol–water partition coefficient (Wildman–Crippen LogP) is 3.46. The summed E-state index contributed by atoms with van der Waals surface area (Å²) in [5.41, 5.74) is 1.93. The lowest BCUT2D eigenvalue weighted by Crippen LogP contribution is -2.56. The van der Waals surface area contributed by atoms with Gasteiger partial charge in [0.1, 0.15) is 0 Å². The molecule has 0 atom stereocenters. The first kappa shape index (κ1) is 16.4. The Labute approximate surface area is 130 Å². The molecule has 2 heterocycles. The third kappa shape index (κ3) is 5.08. The van der Waals surface area contributed by atoms with Crippen LogP contribution in [-0.2, 0) is 6.54 Å². The Morgan fingerprint density at radius 1 is 1.24 bits per heavy atom. The molecule has 21 heavy (non-hydrogen) atoms. The normalized spacial score (nSPS) is 17.6. The van der Waals surface area contributed by atoms with E-state index in [9.17, 15) is 0 Å². The van der Waals surface area contributed by atoms with Crippen molar-refractivity contribution in [1.29, 1.82) is 0 Å². The van der Waals surface area contributed by atoms with Crippen LogP contribution in [-0.4, -0.2) is 36.1 Å². The molecule has 1 aliphatic heterocycles. The van der Waals surface area contributed by atoms with Gasteiger partial charge in [0, 0.05) is 32.0 Å². The molecular weight excluding hydrogens is 258 g/mol. The molecular formula is C18H31N3. The van der Waals surface area contributed by atoms with Gasteiger partial charge in [-0.2, -0.15) is 0 Å². The highest BCUT2D eigenvalue weighted by atomic mass is 15.2. The quantitative estimate of drug-likeness (QED) is 0.669. The lowest BCUT2D eigenvalue weighted by Gasteiger charge is -2.51. The lowest BCUT2D eigenvalue weighted by molar-refractivity contribution is -0.0147. The predicted molar refractivity (Wildman–Crippen MR) is 89.2 cm³/mol. The van der Waals surface area contributed by atoms with Gasteiger partial charge in [-0.25, -0.2) is 0 Å². The zero-order valence-corrected chi connectivity index (χ0v) is 13.8. The minimum Gasteiger partial charge on any atom is -0.313 e. The third-order valence-electron chi connectivity index (χ3n) is 4.56. The number of nitrogens with zero attached hydrogens (tertiary/aromatic N) is 2. The Kier molecular flexibility index (Phi) is 6.65. The van der Waals surface area contributed by atoms with E-state index in [1.54, 1.807) is 0 Å². The first-order chi connectivity index (χ1) is 10.3. The van der Waals surface area contributed by atoms with Gasteiger partial charge in [0.25, 0.3) is 0 Å². The standard InChI is InChI=1S/C18H31N3/c1-3-8-18(9-4-2)15-21(16-18)12-6-11-20-14-17-7-5-10-19-13-17/h5,7,10,13,20H,3-4,6,8-9,11-12,14-16H2,1-2H3. The molecule has 0 bridgehead atoms. The molecule has 0 amide bonds. The molecule has 0 spiro atoms. The molecule has 1 fully saturated rings. The van der Waals surface area contributed by atoms with Crippen LogP contribution in [0.4, 0.5) is 0 Å². The largest absolute Gasteiger partial charge is 0.313 e. The zero-order valence-electron chi connectivity index (χ0n) is 13.8. The molecule has 0 saturated carbocycles. The van der Waals surface area contributed by atoms with Crippen molar-refractivity contribution in [2.45, 2.75) is 52.5 Å². The molecule has 1 saturated heterocycles. The van der Waals surface area contributed by atoms with Gasteiger partial charge in [0.2, 0.25) is 0 Å². The fourth-order valence-electron chi connectivity index (χ4n) is 3.73. The Morgan fingerprint density at radius 2 is 2.00 bits per heavy atom. The molecule has 1 N–H and O–H groups in total. The topological polar surface area (TPSA) is 28.2 Å². The summed E-state index contributed by atoms with van der Waals surface area (Å²) in [6.07, 6.45) is 10.5. The molecule has 2 rings (SSSR count). The smallest absolute Gasteiger partial charge is 0.0312 e. The average molecular weight is 289 g/mol. The summed E-state index contributed by atoms with van der Waals surface area (Å²) in [5, 5.41) is 3.51. The summed E-state index contributed by atoms with van der Waals surface area (Å²) in [6.45, 7) is 10.6. The number of hydrogen-bond acceptors (Lipinski definition) is 3. The van der Waals surface area contributed by atoms with Gasteiger partial charge in [0.05, 0.1) is 0 Å². The Hall–Kier alpha value is -0.930. The maximum atomic E-state index is 4.14. The van der Waals surface area contributed by atoms with Crippen molar-refractivity contribution >= 4 is 0 Å². The van der Waals surface area contributed by atoms with Crippen LogP contribution >= 0.6 is 0 Å². The Bertz CT molecular complexity index is 377. The monoisotopic (exact) mass is 289 g/mol. The fraction of sp³-hybridized carbons (Fsp3) is 0.722. The van der Waals surface area contributed by atoms with Gasteiger partial charge in [0.15, 0.2) is 0 Å². The van der Waals surface area contributed by atoms with Crippen molar-refractivity contribution in [2.75, 3.05) is 26.2 Å². The molecule has 0 unspecified atom stereocenters. The maximum Gasteiger partial charge on any atom is 0.0312 e. The zero-order chi connectivity index (χ0) is 15.0. The number of pyridine rings is 1. The van der Waals surface area contributed by atoms with E-state index in [-0.39, 0.29) is 0 Å². The molecule has 0 aromatic carbocycles. The average Bonchev–Trinajstić information content (AvgIpc) is 2.46. The summed E-state index contributed by atoms with van der Waals surface area (Å²) < 4.78 is 0. The SMILES string of the molecule is CCCC1(CCC)CN(CCCNCc2cccnc2)C1. The molecule has 3 nitrogen and oxygen atoms in total. The van der Waals surface area contributed by atoms with E-state index < -0.39 is 0 Å². The van der Waals surface area contributed by atoms with Crippen LogP contribution < -0.4 is 5.32 Å². The van der Waals surface area contributed by atoms with Crippen LogP contribution in [0.1, 0.15) is 51.5 Å². The molecule has 118 valence electrons. The fourth-order valence-corrected chi connectivity index (χ4v) is 3.73. The van der Waals surface area contributed by atoms with Gasteiger partial charge >= 0.3 is 0 Å². The maximum absolute atomic E-state index is 4.14.